The van der Waals surface area contributed by atoms with Gasteiger partial charge in [-0.3, -0.25) is 4.79 Å². The summed E-state index contributed by atoms with van der Waals surface area (Å²) in [5, 5.41) is 10.4. The number of nitrogens with zero attached hydrogens (tertiary/aromatic N) is 3. The largest absolute Gasteiger partial charge is 0.341 e. The van der Waals surface area contributed by atoms with E-state index >= 15 is 0 Å². The van der Waals surface area contributed by atoms with Crippen LogP contribution in [-0.4, -0.2) is 30.4 Å². The number of imidazole rings is 1. The third kappa shape index (κ3) is 3.72. The molecular weight excluding hydrogens is 280 g/mol. The number of hydrogen-bond acceptors (Lipinski definition) is 5. The fourth-order valence-electron chi connectivity index (χ4n) is 1.31. The van der Waals surface area contributed by atoms with Gasteiger partial charge < -0.3 is 9.88 Å². The van der Waals surface area contributed by atoms with Crippen LogP contribution in [0.5, 0.6) is 0 Å². The minimum atomic E-state index is -3.91. The molecule has 0 saturated carbocycles. The van der Waals surface area contributed by atoms with Crippen molar-refractivity contribution in [3.63, 3.8) is 0 Å². The topological polar surface area (TPSA) is 105 Å². The van der Waals surface area contributed by atoms with Crippen LogP contribution in [0.4, 0.5) is 0 Å². The molecule has 0 aliphatic carbocycles. The Morgan fingerprint density at radius 1 is 1.67 bits per heavy atom. The molecule has 0 bridgehead atoms. The van der Waals surface area contributed by atoms with Gasteiger partial charge in [-0.2, -0.15) is 5.26 Å². The first-order valence-corrected chi connectivity index (χ1v) is 7.33. The number of nitriles is 1. The fraction of sp³-hybridized carbons (Fsp3) is 0.444. The van der Waals surface area contributed by atoms with Gasteiger partial charge in [-0.25, -0.2) is 13.4 Å². The van der Waals surface area contributed by atoms with Crippen LogP contribution in [0.1, 0.15) is 12.7 Å². The average Bonchev–Trinajstić information content (AvgIpc) is 2.69. The summed E-state index contributed by atoms with van der Waals surface area (Å²) in [4.78, 5) is 15.2. The smallest absolute Gasteiger partial charge is 0.280 e. The molecule has 0 fully saturated rings. The summed E-state index contributed by atoms with van der Waals surface area (Å²) >= 11 is 0. The number of amides is 1. The molecule has 0 aromatic carbocycles. The number of nitrogens with one attached hydrogen (secondary N) is 1. The summed E-state index contributed by atoms with van der Waals surface area (Å²) < 4.78 is 23.6. The van der Waals surface area contributed by atoms with E-state index in [1.807, 2.05) is 0 Å². The summed E-state index contributed by atoms with van der Waals surface area (Å²) in [6.45, 7) is 1.57. The Bertz CT molecular complexity index is 587. The van der Waals surface area contributed by atoms with Crippen LogP contribution < -0.4 is 5.32 Å². The average molecular weight is 291 g/mol. The van der Waals surface area contributed by atoms with Crippen LogP contribution in [0.2, 0.25) is 0 Å². The van der Waals surface area contributed by atoms with E-state index in [0.717, 1.165) is 0 Å². The molecule has 0 spiro atoms. The molecule has 0 radical (unpaired) electrons. The lowest BCUT2D eigenvalue weighted by molar-refractivity contribution is -0.121. The summed E-state index contributed by atoms with van der Waals surface area (Å²) in [6.07, 6.45) is 1.66. The fourth-order valence-corrected chi connectivity index (χ4v) is 2.00. The van der Waals surface area contributed by atoms with E-state index in [2.05, 4.69) is 10.3 Å². The molecule has 0 saturated heterocycles. The summed E-state index contributed by atoms with van der Waals surface area (Å²) in [7, 11) is 1.26. The summed E-state index contributed by atoms with van der Waals surface area (Å²) in [6, 6.07) is 1.77. The Morgan fingerprint density at radius 2 is 2.33 bits per heavy atom. The molecule has 1 N–H and O–H groups in total. The number of aryl methyl sites for hydroxylation is 1. The normalized spacial score (nSPS) is 10.9. The van der Waals surface area contributed by atoms with E-state index in [4.69, 9.17) is 15.9 Å². The second-order valence-corrected chi connectivity index (χ2v) is 5.86. The highest BCUT2D eigenvalue weighted by atomic mass is 35.7. The van der Waals surface area contributed by atoms with Gasteiger partial charge in [0, 0.05) is 23.3 Å². The van der Waals surface area contributed by atoms with Crippen LogP contribution in [0.15, 0.2) is 11.2 Å². The molecule has 18 heavy (non-hydrogen) atoms. The predicted molar refractivity (Wildman–Crippen MR) is 63.3 cm³/mol. The highest BCUT2D eigenvalue weighted by Crippen LogP contribution is 2.14. The first kappa shape index (κ1) is 14.5. The molecule has 1 rings (SSSR count). The van der Waals surface area contributed by atoms with Crippen molar-refractivity contribution in [3.05, 3.63) is 12.0 Å². The van der Waals surface area contributed by atoms with Gasteiger partial charge in [-0.15, -0.1) is 0 Å². The molecule has 0 aliphatic rings. The first-order chi connectivity index (χ1) is 8.38. The van der Waals surface area contributed by atoms with Gasteiger partial charge in [0.05, 0.1) is 6.07 Å². The van der Waals surface area contributed by atoms with E-state index in [1.165, 1.54) is 10.8 Å². The molecule has 98 valence electrons. The zero-order valence-corrected chi connectivity index (χ0v) is 11.1. The number of carbonyl (C=O) groups is 1. The number of hydrogen-bond donors (Lipinski definition) is 1. The number of carbonyl (C=O) groups excluding carboxylic acids is 1. The Balaban J connectivity index is 2.92. The van der Waals surface area contributed by atoms with Crippen molar-refractivity contribution in [3.8, 4) is 6.07 Å². The zero-order valence-electron chi connectivity index (χ0n) is 9.55. The van der Waals surface area contributed by atoms with E-state index in [0.29, 0.717) is 12.2 Å². The monoisotopic (exact) mass is 290 g/mol. The Morgan fingerprint density at radius 3 is 2.83 bits per heavy atom. The molecule has 1 aromatic heterocycles. The van der Waals surface area contributed by atoms with Gasteiger partial charge in [0.15, 0.2) is 5.03 Å². The van der Waals surface area contributed by atoms with Gasteiger partial charge in [0.2, 0.25) is 5.91 Å². The Labute approximate surface area is 109 Å². The minimum absolute atomic E-state index is 0.102. The van der Waals surface area contributed by atoms with Crippen molar-refractivity contribution < 1.29 is 13.2 Å². The van der Waals surface area contributed by atoms with E-state index in [1.54, 1.807) is 13.0 Å². The first-order valence-electron chi connectivity index (χ1n) is 5.02. The lowest BCUT2D eigenvalue weighted by Crippen LogP contribution is -2.28. The lowest BCUT2D eigenvalue weighted by atomic mass is 10.4. The predicted octanol–water partition coefficient (Wildman–Crippen LogP) is 0.0128. The third-order valence-corrected chi connectivity index (χ3v) is 3.25. The van der Waals surface area contributed by atoms with Crippen LogP contribution in [0.3, 0.4) is 0 Å². The maximum Gasteiger partial charge on any atom is 0.280 e. The van der Waals surface area contributed by atoms with Crippen molar-refractivity contribution in [2.24, 2.45) is 0 Å². The second kappa shape index (κ2) is 5.84. The number of halogens is 1. The van der Waals surface area contributed by atoms with Crippen molar-refractivity contribution in [1.29, 1.82) is 5.26 Å². The van der Waals surface area contributed by atoms with E-state index < -0.39 is 15.0 Å². The Kier molecular flexibility index (Phi) is 4.69. The molecule has 9 heteroatoms. The van der Waals surface area contributed by atoms with Gasteiger partial charge >= 0.3 is 0 Å². The zero-order chi connectivity index (χ0) is 13.8. The number of rotatable bonds is 5. The maximum atomic E-state index is 11.4. The quantitative estimate of drug-likeness (QED) is 0.607. The van der Waals surface area contributed by atoms with E-state index in [-0.39, 0.29) is 18.1 Å². The highest BCUT2D eigenvalue weighted by molar-refractivity contribution is 8.13. The summed E-state index contributed by atoms with van der Waals surface area (Å²) in [5.41, 5.74) is 0. The van der Waals surface area contributed by atoms with E-state index in [9.17, 15) is 13.2 Å². The molecule has 7 nitrogen and oxygen atoms in total. The minimum Gasteiger partial charge on any atom is -0.341 e. The molecular formula is C9H11ClN4O3S. The second-order valence-electron chi connectivity index (χ2n) is 3.35. The van der Waals surface area contributed by atoms with Gasteiger partial charge in [-0.1, -0.05) is 6.92 Å². The molecule has 0 unspecified atom stereocenters. The molecule has 0 aliphatic heterocycles. The van der Waals surface area contributed by atoms with Crippen molar-refractivity contribution in [2.75, 3.05) is 6.54 Å². The van der Waals surface area contributed by atoms with Gasteiger partial charge in [0.1, 0.15) is 18.9 Å². The lowest BCUT2D eigenvalue weighted by Gasteiger charge is -2.04. The van der Waals surface area contributed by atoms with Crippen molar-refractivity contribution in [2.45, 2.75) is 24.9 Å². The standard InChI is InChI=1S/C9H11ClN4O3S/c1-2-7-13-9(18(10,16)17)6-14(7)5-8(15)12-4-3-11/h6H,2,4-5H2,1H3,(H,12,15). The van der Waals surface area contributed by atoms with Crippen LogP contribution in [0, 0.1) is 11.3 Å². The Hall–Kier alpha value is -1.59. The van der Waals surface area contributed by atoms with Crippen LogP contribution in [0.25, 0.3) is 0 Å². The van der Waals surface area contributed by atoms with Gasteiger partial charge in [0.25, 0.3) is 9.05 Å². The molecule has 1 aromatic rings. The van der Waals surface area contributed by atoms with Crippen molar-refractivity contribution >= 4 is 25.6 Å². The third-order valence-electron chi connectivity index (χ3n) is 2.08. The molecule has 1 amide bonds. The molecule has 1 heterocycles. The highest BCUT2D eigenvalue weighted by Gasteiger charge is 2.18. The maximum absolute atomic E-state index is 11.4. The summed E-state index contributed by atoms with van der Waals surface area (Å²) in [5.74, 6) is 0.0310. The van der Waals surface area contributed by atoms with Crippen LogP contribution >= 0.6 is 10.7 Å². The molecule has 0 atom stereocenters. The van der Waals surface area contributed by atoms with Gasteiger partial charge in [-0.05, 0) is 0 Å². The van der Waals surface area contributed by atoms with Crippen molar-refractivity contribution in [1.82, 2.24) is 14.9 Å². The number of aromatic nitrogens is 2. The SMILES string of the molecule is CCc1nc(S(=O)(=O)Cl)cn1CC(=O)NCC#N. The van der Waals surface area contributed by atoms with Crippen LogP contribution in [-0.2, 0) is 26.8 Å².